The number of hydrogen-bond acceptors (Lipinski definition) is 2. The van der Waals surface area contributed by atoms with Crippen molar-refractivity contribution < 1.29 is 9.53 Å². The predicted molar refractivity (Wildman–Crippen MR) is 73.9 cm³/mol. The molecule has 3 nitrogen and oxygen atoms in total. The van der Waals surface area contributed by atoms with Gasteiger partial charge in [-0.15, -0.1) is 0 Å². The minimum atomic E-state index is -0.468. The van der Waals surface area contributed by atoms with Crippen LogP contribution in [0.3, 0.4) is 0 Å². The molecule has 1 aromatic carbocycles. The second-order valence-electron chi connectivity index (χ2n) is 5.22. The van der Waals surface area contributed by atoms with Crippen molar-refractivity contribution in [3.8, 4) is 5.75 Å². The van der Waals surface area contributed by atoms with E-state index >= 15 is 0 Å². The van der Waals surface area contributed by atoms with Crippen LogP contribution in [0, 0.1) is 19.8 Å². The Bertz CT molecular complexity index is 393. The van der Waals surface area contributed by atoms with Crippen molar-refractivity contribution in [2.24, 2.45) is 5.92 Å². The van der Waals surface area contributed by atoms with Crippen LogP contribution in [0.15, 0.2) is 18.2 Å². The van der Waals surface area contributed by atoms with Gasteiger partial charge in [-0.1, -0.05) is 19.9 Å². The number of rotatable bonds is 5. The van der Waals surface area contributed by atoms with Crippen LogP contribution in [0.2, 0.25) is 0 Å². The minimum absolute atomic E-state index is 0.0668. The van der Waals surface area contributed by atoms with Gasteiger partial charge in [0.2, 0.25) is 0 Å². The van der Waals surface area contributed by atoms with Gasteiger partial charge in [-0.3, -0.25) is 4.79 Å². The van der Waals surface area contributed by atoms with Crippen LogP contribution >= 0.6 is 0 Å². The Kier molecular flexibility index (Phi) is 5.20. The highest BCUT2D eigenvalue weighted by molar-refractivity contribution is 5.80. The summed E-state index contributed by atoms with van der Waals surface area (Å²) in [6.07, 6.45) is -0.468. The molecule has 0 fully saturated rings. The molecule has 1 amide bonds. The van der Waals surface area contributed by atoms with Crippen LogP contribution in [-0.2, 0) is 4.79 Å². The molecular formula is C15H23NO2. The number of carbonyl (C=O) groups is 1. The molecule has 3 heteroatoms. The van der Waals surface area contributed by atoms with Crippen LogP contribution in [0.5, 0.6) is 5.75 Å². The topological polar surface area (TPSA) is 38.3 Å². The zero-order chi connectivity index (χ0) is 13.7. The molecule has 18 heavy (non-hydrogen) atoms. The molecule has 0 aromatic heterocycles. The molecule has 0 saturated heterocycles. The highest BCUT2D eigenvalue weighted by Gasteiger charge is 2.14. The maximum absolute atomic E-state index is 11.8. The van der Waals surface area contributed by atoms with Crippen LogP contribution in [-0.4, -0.2) is 18.6 Å². The molecular weight excluding hydrogens is 226 g/mol. The molecule has 0 aliphatic rings. The Labute approximate surface area is 110 Å². The van der Waals surface area contributed by atoms with Gasteiger partial charge in [-0.05, 0) is 49.9 Å². The number of aryl methyl sites for hydroxylation is 2. The molecule has 100 valence electrons. The lowest BCUT2D eigenvalue weighted by atomic mass is 10.1. The van der Waals surface area contributed by atoms with Crippen molar-refractivity contribution in [3.05, 3.63) is 29.3 Å². The van der Waals surface area contributed by atoms with Crippen LogP contribution in [0.25, 0.3) is 0 Å². The molecule has 0 bridgehead atoms. The smallest absolute Gasteiger partial charge is 0.260 e. The maximum atomic E-state index is 11.8. The largest absolute Gasteiger partial charge is 0.481 e. The lowest BCUT2D eigenvalue weighted by molar-refractivity contribution is -0.127. The van der Waals surface area contributed by atoms with Crippen LogP contribution in [0.1, 0.15) is 31.9 Å². The van der Waals surface area contributed by atoms with E-state index in [2.05, 4.69) is 25.2 Å². The fraction of sp³-hybridized carbons (Fsp3) is 0.533. The molecule has 1 N–H and O–H groups in total. The van der Waals surface area contributed by atoms with Crippen LogP contribution < -0.4 is 10.1 Å². The number of benzene rings is 1. The molecule has 0 aliphatic heterocycles. The Balaban J connectivity index is 2.58. The molecule has 0 unspecified atom stereocenters. The highest BCUT2D eigenvalue weighted by Crippen LogP contribution is 2.17. The van der Waals surface area contributed by atoms with Crippen molar-refractivity contribution in [3.63, 3.8) is 0 Å². The number of ether oxygens (including phenoxy) is 1. The first-order chi connectivity index (χ1) is 8.38. The molecule has 0 spiro atoms. The second kappa shape index (κ2) is 6.43. The average molecular weight is 249 g/mol. The first-order valence-electron chi connectivity index (χ1n) is 6.41. The van der Waals surface area contributed by atoms with Gasteiger partial charge in [-0.2, -0.15) is 0 Å². The third-order valence-electron chi connectivity index (χ3n) is 2.56. The lowest BCUT2D eigenvalue weighted by Crippen LogP contribution is -2.38. The molecule has 1 atom stereocenters. The summed E-state index contributed by atoms with van der Waals surface area (Å²) in [5, 5.41) is 2.87. The van der Waals surface area contributed by atoms with Gasteiger partial charge in [-0.25, -0.2) is 0 Å². The molecule has 0 heterocycles. The molecule has 0 radical (unpaired) electrons. The molecule has 1 rings (SSSR count). The summed E-state index contributed by atoms with van der Waals surface area (Å²) in [7, 11) is 0. The summed E-state index contributed by atoms with van der Waals surface area (Å²) in [4.78, 5) is 11.8. The summed E-state index contributed by atoms with van der Waals surface area (Å²) in [5.74, 6) is 1.13. The third-order valence-corrected chi connectivity index (χ3v) is 2.56. The van der Waals surface area contributed by atoms with E-state index in [0.717, 1.165) is 16.9 Å². The van der Waals surface area contributed by atoms with Crippen LogP contribution in [0.4, 0.5) is 0 Å². The van der Waals surface area contributed by atoms with Gasteiger partial charge in [0.15, 0.2) is 6.10 Å². The predicted octanol–water partition coefficient (Wildman–Crippen LogP) is 2.84. The fourth-order valence-corrected chi connectivity index (χ4v) is 1.71. The zero-order valence-electron chi connectivity index (χ0n) is 11.9. The van der Waals surface area contributed by atoms with Crippen molar-refractivity contribution >= 4 is 5.91 Å². The Morgan fingerprint density at radius 2 is 1.72 bits per heavy atom. The monoisotopic (exact) mass is 249 g/mol. The van der Waals surface area contributed by atoms with Crippen molar-refractivity contribution in [1.82, 2.24) is 5.32 Å². The number of nitrogens with one attached hydrogen (secondary N) is 1. The van der Waals surface area contributed by atoms with E-state index in [1.807, 2.05) is 26.0 Å². The van der Waals surface area contributed by atoms with E-state index in [0.29, 0.717) is 12.5 Å². The van der Waals surface area contributed by atoms with Crippen molar-refractivity contribution in [2.45, 2.75) is 40.7 Å². The summed E-state index contributed by atoms with van der Waals surface area (Å²) in [6.45, 7) is 10.6. The molecule has 0 aliphatic carbocycles. The van der Waals surface area contributed by atoms with Crippen molar-refractivity contribution in [2.75, 3.05) is 6.54 Å². The van der Waals surface area contributed by atoms with E-state index in [9.17, 15) is 4.79 Å². The van der Waals surface area contributed by atoms with Gasteiger partial charge in [0.05, 0.1) is 0 Å². The summed E-state index contributed by atoms with van der Waals surface area (Å²) < 4.78 is 5.66. The van der Waals surface area contributed by atoms with Crippen molar-refractivity contribution in [1.29, 1.82) is 0 Å². The Hall–Kier alpha value is -1.51. The minimum Gasteiger partial charge on any atom is -0.481 e. The lowest BCUT2D eigenvalue weighted by Gasteiger charge is -2.16. The number of amides is 1. The summed E-state index contributed by atoms with van der Waals surface area (Å²) in [6, 6.07) is 5.97. The van der Waals surface area contributed by atoms with Gasteiger partial charge in [0, 0.05) is 6.54 Å². The average Bonchev–Trinajstić information content (AvgIpc) is 2.24. The third kappa shape index (κ3) is 4.78. The normalized spacial score (nSPS) is 12.3. The van der Waals surface area contributed by atoms with Gasteiger partial charge in [0.1, 0.15) is 5.75 Å². The van der Waals surface area contributed by atoms with E-state index in [-0.39, 0.29) is 5.91 Å². The fourth-order valence-electron chi connectivity index (χ4n) is 1.71. The number of hydrogen-bond donors (Lipinski definition) is 1. The first-order valence-corrected chi connectivity index (χ1v) is 6.41. The standard InChI is InChI=1S/C15H23NO2/c1-10(2)9-16-15(17)13(5)18-14-7-11(3)6-12(4)8-14/h6-8,10,13H,9H2,1-5H3,(H,16,17)/t13-/m0/s1. The maximum Gasteiger partial charge on any atom is 0.260 e. The zero-order valence-corrected chi connectivity index (χ0v) is 11.9. The van der Waals surface area contributed by atoms with Gasteiger partial charge >= 0.3 is 0 Å². The summed E-state index contributed by atoms with van der Waals surface area (Å²) >= 11 is 0. The second-order valence-corrected chi connectivity index (χ2v) is 5.22. The van der Waals surface area contributed by atoms with E-state index in [1.54, 1.807) is 6.92 Å². The Morgan fingerprint density at radius 3 is 2.22 bits per heavy atom. The first kappa shape index (κ1) is 14.6. The molecule has 1 aromatic rings. The van der Waals surface area contributed by atoms with E-state index in [4.69, 9.17) is 4.74 Å². The van der Waals surface area contributed by atoms with Gasteiger partial charge in [0.25, 0.3) is 5.91 Å². The quantitative estimate of drug-likeness (QED) is 0.871. The molecule has 0 saturated carbocycles. The Morgan fingerprint density at radius 1 is 1.17 bits per heavy atom. The number of carbonyl (C=O) groups excluding carboxylic acids is 1. The van der Waals surface area contributed by atoms with Gasteiger partial charge < -0.3 is 10.1 Å². The highest BCUT2D eigenvalue weighted by atomic mass is 16.5. The van der Waals surface area contributed by atoms with E-state index in [1.165, 1.54) is 0 Å². The SMILES string of the molecule is Cc1cc(C)cc(O[C@@H](C)C(=O)NCC(C)C)c1. The van der Waals surface area contributed by atoms with E-state index < -0.39 is 6.10 Å². The summed E-state index contributed by atoms with van der Waals surface area (Å²) in [5.41, 5.74) is 2.28.